The van der Waals surface area contributed by atoms with E-state index < -0.39 is 0 Å². The average Bonchev–Trinajstić information content (AvgIpc) is 3.43. The first-order chi connectivity index (χ1) is 13.3. The van der Waals surface area contributed by atoms with E-state index in [4.69, 9.17) is 14.5 Å². The van der Waals surface area contributed by atoms with Crippen molar-refractivity contribution in [1.29, 1.82) is 0 Å². The Labute approximate surface area is 156 Å². The summed E-state index contributed by atoms with van der Waals surface area (Å²) in [5, 5.41) is 9.13. The van der Waals surface area contributed by atoms with Crippen LogP contribution in [0.4, 0.5) is 0 Å². The first-order valence-corrected chi connectivity index (χ1v) is 9.41. The Balaban J connectivity index is 1.41. The quantitative estimate of drug-likeness (QED) is 0.562. The molecular weight excluding hydrogens is 340 g/mol. The minimum atomic E-state index is 0.409. The monoisotopic (exact) mass is 360 g/mol. The van der Waals surface area contributed by atoms with Gasteiger partial charge in [-0.25, -0.2) is 9.50 Å². The lowest BCUT2D eigenvalue weighted by atomic mass is 9.98. The van der Waals surface area contributed by atoms with E-state index in [0.29, 0.717) is 12.1 Å². The third kappa shape index (κ3) is 2.28. The Morgan fingerprint density at radius 1 is 1.26 bits per heavy atom. The minimum Gasteiger partial charge on any atom is -0.463 e. The zero-order valence-electron chi connectivity index (χ0n) is 15.1. The molecule has 7 heteroatoms. The maximum atomic E-state index is 5.51. The van der Waals surface area contributed by atoms with Gasteiger partial charge >= 0.3 is 0 Å². The van der Waals surface area contributed by atoms with E-state index >= 15 is 0 Å². The molecule has 136 valence electrons. The average molecular weight is 360 g/mol. The van der Waals surface area contributed by atoms with Crippen LogP contribution in [-0.2, 0) is 20.0 Å². The second-order valence-electron chi connectivity index (χ2n) is 7.58. The molecule has 2 bridgehead atoms. The van der Waals surface area contributed by atoms with E-state index in [2.05, 4.69) is 22.4 Å². The third-order valence-electron chi connectivity index (χ3n) is 5.94. The Morgan fingerprint density at radius 3 is 3.04 bits per heavy atom. The predicted octanol–water partition coefficient (Wildman–Crippen LogP) is 2.98. The van der Waals surface area contributed by atoms with Crippen LogP contribution >= 0.6 is 0 Å². The Bertz CT molecular complexity index is 1120. The molecule has 0 aliphatic carbocycles. The second-order valence-corrected chi connectivity index (χ2v) is 7.58. The highest BCUT2D eigenvalue weighted by molar-refractivity contribution is 5.59. The summed E-state index contributed by atoms with van der Waals surface area (Å²) in [5.41, 5.74) is 5.61. The molecule has 0 amide bonds. The van der Waals surface area contributed by atoms with Gasteiger partial charge in [0.15, 0.2) is 11.4 Å². The van der Waals surface area contributed by atoms with Crippen molar-refractivity contribution in [3.05, 3.63) is 59.9 Å². The van der Waals surface area contributed by atoms with Crippen LogP contribution in [0.1, 0.15) is 35.7 Å². The molecule has 2 aliphatic heterocycles. The lowest BCUT2D eigenvalue weighted by molar-refractivity contribution is 0.165. The number of nitrogens with zero attached hydrogens (tertiary/aromatic N) is 6. The number of aromatic nitrogens is 5. The molecule has 6 rings (SSSR count). The van der Waals surface area contributed by atoms with Gasteiger partial charge in [0.25, 0.3) is 0 Å². The summed E-state index contributed by atoms with van der Waals surface area (Å²) < 4.78 is 9.42. The highest BCUT2D eigenvalue weighted by Crippen LogP contribution is 2.44. The summed E-state index contributed by atoms with van der Waals surface area (Å²) >= 11 is 0. The smallest absolute Gasteiger partial charge is 0.155 e. The highest BCUT2D eigenvalue weighted by atomic mass is 16.3. The first kappa shape index (κ1) is 15.2. The van der Waals surface area contributed by atoms with E-state index in [9.17, 15) is 0 Å². The number of rotatable bonds is 3. The van der Waals surface area contributed by atoms with Crippen LogP contribution in [0.3, 0.4) is 0 Å². The van der Waals surface area contributed by atoms with Gasteiger partial charge in [0, 0.05) is 61.7 Å². The summed E-state index contributed by atoms with van der Waals surface area (Å²) in [6.07, 6.45) is 11.2. The largest absolute Gasteiger partial charge is 0.463 e. The van der Waals surface area contributed by atoms with Crippen LogP contribution in [0.5, 0.6) is 0 Å². The molecule has 4 aromatic rings. The maximum Gasteiger partial charge on any atom is 0.155 e. The van der Waals surface area contributed by atoms with Crippen LogP contribution in [0.15, 0.2) is 47.5 Å². The highest BCUT2D eigenvalue weighted by Gasteiger charge is 2.41. The molecule has 0 aromatic carbocycles. The number of fused-ring (bicyclic) bond motifs is 6. The minimum absolute atomic E-state index is 0.409. The number of hydrogen-bond acceptors (Lipinski definition) is 5. The van der Waals surface area contributed by atoms with Crippen molar-refractivity contribution < 1.29 is 4.42 Å². The normalized spacial score (nSPS) is 21.8. The second kappa shape index (κ2) is 5.53. The van der Waals surface area contributed by atoms with Crippen molar-refractivity contribution in [3.63, 3.8) is 0 Å². The Kier molecular flexibility index (Phi) is 3.11. The van der Waals surface area contributed by atoms with Crippen molar-refractivity contribution in [3.8, 4) is 11.5 Å². The zero-order chi connectivity index (χ0) is 18.0. The standard InChI is InChI=1S/C20H20N6O/c1-24-11-13(9-22-24)12-25-14-4-5-17(25)15-10-21-20-8-16(19-3-2-6-27-19)23-26(20)18(15)7-14/h2-3,6,8-11,14,17H,4-5,7,12H2,1H3/t14-,17-/m1/s1. The third-order valence-corrected chi connectivity index (χ3v) is 5.94. The van der Waals surface area contributed by atoms with Gasteiger partial charge in [-0.1, -0.05) is 0 Å². The molecule has 1 fully saturated rings. The summed E-state index contributed by atoms with van der Waals surface area (Å²) in [6.45, 7) is 0.942. The Morgan fingerprint density at radius 2 is 2.22 bits per heavy atom. The van der Waals surface area contributed by atoms with Crippen molar-refractivity contribution in [2.75, 3.05) is 0 Å². The van der Waals surface area contributed by atoms with Gasteiger partial charge in [-0.3, -0.25) is 9.58 Å². The zero-order valence-corrected chi connectivity index (χ0v) is 15.1. The maximum absolute atomic E-state index is 5.51. The van der Waals surface area contributed by atoms with Gasteiger partial charge in [-0.15, -0.1) is 0 Å². The van der Waals surface area contributed by atoms with E-state index in [-0.39, 0.29) is 0 Å². The van der Waals surface area contributed by atoms with Gasteiger partial charge < -0.3 is 4.42 Å². The van der Waals surface area contributed by atoms with Crippen LogP contribution in [0.2, 0.25) is 0 Å². The fourth-order valence-electron chi connectivity index (χ4n) is 4.74. The van der Waals surface area contributed by atoms with Crippen LogP contribution in [-0.4, -0.2) is 35.3 Å². The van der Waals surface area contributed by atoms with Gasteiger partial charge in [0.1, 0.15) is 5.69 Å². The van der Waals surface area contributed by atoms with Crippen molar-refractivity contribution in [2.24, 2.45) is 7.05 Å². The Hall–Kier alpha value is -2.93. The van der Waals surface area contributed by atoms with Crippen molar-refractivity contribution in [1.82, 2.24) is 29.3 Å². The molecule has 0 spiro atoms. The first-order valence-electron chi connectivity index (χ1n) is 9.41. The molecule has 27 heavy (non-hydrogen) atoms. The van der Waals surface area contributed by atoms with Gasteiger partial charge in [-0.2, -0.15) is 10.2 Å². The molecular formula is C20H20N6O. The fraction of sp³-hybridized carbons (Fsp3) is 0.350. The fourth-order valence-corrected chi connectivity index (χ4v) is 4.74. The molecule has 0 N–H and O–H groups in total. The topological polar surface area (TPSA) is 64.4 Å². The van der Waals surface area contributed by atoms with E-state index in [0.717, 1.165) is 30.1 Å². The molecule has 4 aromatic heterocycles. The predicted molar refractivity (Wildman–Crippen MR) is 98.9 cm³/mol. The van der Waals surface area contributed by atoms with E-state index in [1.165, 1.54) is 29.7 Å². The number of aryl methyl sites for hydroxylation is 1. The molecule has 2 atom stereocenters. The molecule has 0 unspecified atom stereocenters. The lowest BCUT2D eigenvalue weighted by Gasteiger charge is -2.35. The van der Waals surface area contributed by atoms with Gasteiger partial charge in [-0.05, 0) is 25.0 Å². The number of furan rings is 1. The van der Waals surface area contributed by atoms with E-state index in [1.54, 1.807) is 6.26 Å². The van der Waals surface area contributed by atoms with E-state index in [1.807, 2.05) is 40.6 Å². The summed E-state index contributed by atoms with van der Waals surface area (Å²) in [7, 11) is 1.97. The molecule has 1 saturated heterocycles. The van der Waals surface area contributed by atoms with Crippen molar-refractivity contribution >= 4 is 5.65 Å². The molecule has 2 aliphatic rings. The van der Waals surface area contributed by atoms with Crippen LogP contribution < -0.4 is 0 Å². The number of hydrogen-bond donors (Lipinski definition) is 0. The molecule has 0 saturated carbocycles. The molecule has 6 heterocycles. The van der Waals surface area contributed by atoms with Crippen molar-refractivity contribution in [2.45, 2.75) is 37.9 Å². The van der Waals surface area contributed by atoms with Crippen LogP contribution in [0, 0.1) is 0 Å². The van der Waals surface area contributed by atoms with Crippen LogP contribution in [0.25, 0.3) is 17.1 Å². The molecule has 0 radical (unpaired) electrons. The molecule has 7 nitrogen and oxygen atoms in total. The van der Waals surface area contributed by atoms with Gasteiger partial charge in [0.2, 0.25) is 0 Å². The summed E-state index contributed by atoms with van der Waals surface area (Å²) in [4.78, 5) is 7.32. The summed E-state index contributed by atoms with van der Waals surface area (Å²) in [5.74, 6) is 0.784. The SMILES string of the molecule is Cn1cc(CN2[C@@H]3CC[C@@H]2c2cnc4cc(-c5ccco5)nn4c2C3)cn1. The lowest BCUT2D eigenvalue weighted by Crippen LogP contribution is -2.38. The van der Waals surface area contributed by atoms with Gasteiger partial charge in [0.05, 0.1) is 18.2 Å². The summed E-state index contributed by atoms with van der Waals surface area (Å²) in [6, 6.07) is 6.78.